The van der Waals surface area contributed by atoms with Gasteiger partial charge in [-0.05, 0) is 0 Å². The van der Waals surface area contributed by atoms with E-state index >= 15 is 0 Å². The first-order valence-corrected chi connectivity index (χ1v) is 14.5. The molecule has 0 aliphatic carbocycles. The molecule has 1 heterocycles. The van der Waals surface area contributed by atoms with E-state index in [9.17, 15) is 4.79 Å². The van der Waals surface area contributed by atoms with Crippen LogP contribution in [0.15, 0.2) is 18.5 Å². The van der Waals surface area contributed by atoms with E-state index < -0.39 is 18.4 Å². The Labute approximate surface area is 88.4 Å². The Kier molecular flexibility index (Phi) is 3.53. The molecule has 0 unspecified atom stereocenters. The number of pyridine rings is 1. The topological polar surface area (TPSA) is 39.2 Å². The van der Waals surface area contributed by atoms with Gasteiger partial charge >= 0.3 is 88.4 Å². The van der Waals surface area contributed by atoms with Crippen molar-refractivity contribution in [1.82, 2.24) is 4.98 Å². The second-order valence-corrected chi connectivity index (χ2v) is 18.5. The minimum absolute atomic E-state index is 0.278. The molecule has 3 nitrogen and oxygen atoms in total. The molecule has 4 heteroatoms. The third-order valence-electron chi connectivity index (χ3n) is 2.03. The Bertz CT molecular complexity index is 344. The van der Waals surface area contributed by atoms with Gasteiger partial charge in [0, 0.05) is 0 Å². The van der Waals surface area contributed by atoms with Gasteiger partial charge in [0.1, 0.15) is 0 Å². The fourth-order valence-electron chi connectivity index (χ4n) is 1.32. The van der Waals surface area contributed by atoms with Crippen LogP contribution in [-0.4, -0.2) is 36.4 Å². The normalized spacial score (nSPS) is 11.1. The predicted octanol–water partition coefficient (Wildman–Crippen LogP) is 1.41. The summed E-state index contributed by atoms with van der Waals surface area (Å²) >= 11 is -2.23. The molecule has 0 saturated heterocycles. The first-order valence-electron chi connectivity index (χ1n) is 4.49. The van der Waals surface area contributed by atoms with Gasteiger partial charge in [0.2, 0.25) is 0 Å². The van der Waals surface area contributed by atoms with Gasteiger partial charge in [0.25, 0.3) is 0 Å². The van der Waals surface area contributed by atoms with E-state index in [0.29, 0.717) is 5.56 Å². The number of carbonyl (C=O) groups is 1. The van der Waals surface area contributed by atoms with Crippen molar-refractivity contribution in [3.8, 4) is 0 Å². The van der Waals surface area contributed by atoms with E-state index in [-0.39, 0.29) is 5.97 Å². The number of carbonyl (C=O) groups excluding carboxylic acids is 1. The molecular formula is C10H15NO2Sn. The fraction of sp³-hybridized carbons (Fsp3) is 0.400. The number of rotatable bonds is 2. The zero-order valence-corrected chi connectivity index (χ0v) is 11.8. The van der Waals surface area contributed by atoms with E-state index in [0.717, 1.165) is 0 Å². The van der Waals surface area contributed by atoms with Crippen molar-refractivity contribution >= 4 is 27.9 Å². The van der Waals surface area contributed by atoms with Crippen molar-refractivity contribution in [1.29, 1.82) is 0 Å². The average molecular weight is 300 g/mol. The van der Waals surface area contributed by atoms with Crippen LogP contribution in [0.2, 0.25) is 14.8 Å². The SMILES string of the molecule is COC(=O)c1cncc[c]1[Sn]([CH3])([CH3])[CH3]. The van der Waals surface area contributed by atoms with Gasteiger partial charge in [-0.2, -0.15) is 0 Å². The summed E-state index contributed by atoms with van der Waals surface area (Å²) in [4.78, 5) is 22.2. The molecule has 1 aromatic rings. The third kappa shape index (κ3) is 2.47. The fourth-order valence-corrected chi connectivity index (χ4v) is 5.74. The molecular weight excluding hydrogens is 285 g/mol. The summed E-state index contributed by atoms with van der Waals surface area (Å²) in [5.41, 5.74) is 0.637. The first-order chi connectivity index (χ1) is 6.46. The van der Waals surface area contributed by atoms with Crippen molar-refractivity contribution in [2.45, 2.75) is 14.8 Å². The van der Waals surface area contributed by atoms with Gasteiger partial charge in [-0.25, -0.2) is 0 Å². The Morgan fingerprint density at radius 2 is 2.07 bits per heavy atom. The first kappa shape index (κ1) is 11.5. The molecule has 0 amide bonds. The second kappa shape index (κ2) is 4.29. The number of nitrogens with zero attached hydrogens (tertiary/aromatic N) is 1. The minimum atomic E-state index is -2.23. The molecule has 0 aromatic carbocycles. The molecule has 0 radical (unpaired) electrons. The van der Waals surface area contributed by atoms with Crippen molar-refractivity contribution in [3.05, 3.63) is 24.0 Å². The molecule has 0 aliphatic rings. The van der Waals surface area contributed by atoms with Crippen molar-refractivity contribution in [2.24, 2.45) is 0 Å². The molecule has 0 atom stereocenters. The number of hydrogen-bond donors (Lipinski definition) is 0. The number of methoxy groups -OCH3 is 1. The summed E-state index contributed by atoms with van der Waals surface area (Å²) in [5.74, 6) is -0.278. The van der Waals surface area contributed by atoms with E-state index in [2.05, 4.69) is 19.8 Å². The molecule has 0 spiro atoms. The van der Waals surface area contributed by atoms with Crippen LogP contribution in [0.4, 0.5) is 0 Å². The quantitative estimate of drug-likeness (QED) is 0.612. The van der Waals surface area contributed by atoms with Gasteiger partial charge in [0.15, 0.2) is 0 Å². The molecule has 0 N–H and O–H groups in total. The van der Waals surface area contributed by atoms with E-state index in [1.807, 2.05) is 6.07 Å². The molecule has 0 aliphatic heterocycles. The summed E-state index contributed by atoms with van der Waals surface area (Å²) in [7, 11) is 1.40. The van der Waals surface area contributed by atoms with Crippen LogP contribution in [0.3, 0.4) is 0 Å². The summed E-state index contributed by atoms with van der Waals surface area (Å²) in [6, 6.07) is 1.95. The van der Waals surface area contributed by atoms with E-state index in [4.69, 9.17) is 4.74 Å². The van der Waals surface area contributed by atoms with Crippen molar-refractivity contribution in [2.75, 3.05) is 7.11 Å². The third-order valence-corrected chi connectivity index (χ3v) is 7.89. The average Bonchev–Trinajstić information content (AvgIpc) is 2.15. The molecule has 76 valence electrons. The van der Waals surface area contributed by atoms with Gasteiger partial charge in [0.05, 0.1) is 0 Å². The van der Waals surface area contributed by atoms with Gasteiger partial charge in [-0.1, -0.05) is 0 Å². The second-order valence-electron chi connectivity index (χ2n) is 4.16. The van der Waals surface area contributed by atoms with Crippen LogP contribution in [0.25, 0.3) is 0 Å². The molecule has 14 heavy (non-hydrogen) atoms. The Balaban J connectivity index is 3.23. The number of aromatic nitrogens is 1. The molecule has 0 saturated carbocycles. The summed E-state index contributed by atoms with van der Waals surface area (Å²) < 4.78 is 5.89. The summed E-state index contributed by atoms with van der Waals surface area (Å²) in [6.45, 7) is 0. The monoisotopic (exact) mass is 301 g/mol. The number of esters is 1. The molecule has 0 fully saturated rings. The Morgan fingerprint density at radius 3 is 2.57 bits per heavy atom. The van der Waals surface area contributed by atoms with Gasteiger partial charge in [-0.3, -0.25) is 0 Å². The van der Waals surface area contributed by atoms with Gasteiger partial charge < -0.3 is 0 Å². The summed E-state index contributed by atoms with van der Waals surface area (Å²) in [6.07, 6.45) is 3.34. The molecule has 0 bridgehead atoms. The Morgan fingerprint density at radius 1 is 1.43 bits per heavy atom. The van der Waals surface area contributed by atoms with Crippen molar-refractivity contribution in [3.63, 3.8) is 0 Å². The van der Waals surface area contributed by atoms with E-state index in [1.54, 1.807) is 12.4 Å². The van der Waals surface area contributed by atoms with E-state index in [1.165, 1.54) is 10.7 Å². The maximum absolute atomic E-state index is 11.5. The van der Waals surface area contributed by atoms with Gasteiger partial charge in [-0.15, -0.1) is 0 Å². The number of ether oxygens (including phenoxy) is 1. The number of hydrogen-bond acceptors (Lipinski definition) is 3. The Hall–Kier alpha value is -0.581. The standard InChI is InChI=1S/C7H6NO2.3CH3.Sn/c1-10-7(9)6-3-2-4-8-5-6;;;;/h2,4-5H,1H3;3*1H3;. The van der Waals surface area contributed by atoms with Crippen LogP contribution in [0, 0.1) is 0 Å². The molecule has 1 rings (SSSR count). The maximum atomic E-state index is 11.5. The van der Waals surface area contributed by atoms with Crippen molar-refractivity contribution < 1.29 is 9.53 Å². The van der Waals surface area contributed by atoms with Crippen LogP contribution in [0.5, 0.6) is 0 Å². The van der Waals surface area contributed by atoms with Crippen LogP contribution < -0.4 is 3.58 Å². The zero-order valence-electron chi connectivity index (χ0n) is 9.00. The zero-order chi connectivity index (χ0) is 10.8. The predicted molar refractivity (Wildman–Crippen MR) is 58.6 cm³/mol. The van der Waals surface area contributed by atoms with Crippen LogP contribution >= 0.6 is 0 Å². The van der Waals surface area contributed by atoms with Crippen LogP contribution in [0.1, 0.15) is 10.4 Å². The summed E-state index contributed by atoms with van der Waals surface area (Å²) in [5, 5.41) is 0. The van der Waals surface area contributed by atoms with Crippen LogP contribution in [-0.2, 0) is 4.74 Å². The molecule has 1 aromatic heterocycles.